The number of phenolic OH excluding ortho intramolecular Hbond substituents is 1. The number of phenols is 1. The van der Waals surface area contributed by atoms with Crippen LogP contribution in [0.4, 0.5) is 0 Å². The summed E-state index contributed by atoms with van der Waals surface area (Å²) in [4.78, 5) is 0. The summed E-state index contributed by atoms with van der Waals surface area (Å²) >= 11 is 0. The Bertz CT molecular complexity index is 403. The van der Waals surface area contributed by atoms with Crippen LogP contribution in [-0.4, -0.2) is 11.2 Å². The van der Waals surface area contributed by atoms with Crippen molar-refractivity contribution >= 4 is 0 Å². The van der Waals surface area contributed by atoms with E-state index in [1.807, 2.05) is 6.07 Å². The fraction of sp³-hybridized carbons (Fsp3) is 0.462. The second-order valence-corrected chi connectivity index (χ2v) is 4.17. The van der Waals surface area contributed by atoms with Crippen LogP contribution in [0.5, 0.6) is 11.5 Å². The van der Waals surface area contributed by atoms with Crippen LogP contribution in [0.25, 0.3) is 0 Å². The molecule has 1 aliphatic rings. The zero-order valence-electron chi connectivity index (χ0n) is 9.15. The highest BCUT2D eigenvalue weighted by Crippen LogP contribution is 2.30. The summed E-state index contributed by atoms with van der Waals surface area (Å²) in [6.45, 7) is 0. The van der Waals surface area contributed by atoms with Gasteiger partial charge in [-0.2, -0.15) is 5.26 Å². The molecule has 1 aromatic carbocycles. The lowest BCUT2D eigenvalue weighted by molar-refractivity contribution is 0.150. The average molecular weight is 217 g/mol. The highest BCUT2D eigenvalue weighted by Gasteiger charge is 2.16. The van der Waals surface area contributed by atoms with E-state index < -0.39 is 0 Å². The van der Waals surface area contributed by atoms with Gasteiger partial charge in [0.05, 0.1) is 17.7 Å². The summed E-state index contributed by atoms with van der Waals surface area (Å²) in [7, 11) is 0. The molecule has 1 aromatic rings. The Labute approximate surface area is 95.3 Å². The largest absolute Gasteiger partial charge is 0.504 e. The van der Waals surface area contributed by atoms with Crippen LogP contribution in [0.2, 0.25) is 0 Å². The zero-order valence-corrected chi connectivity index (χ0v) is 9.15. The summed E-state index contributed by atoms with van der Waals surface area (Å²) < 4.78 is 5.73. The minimum absolute atomic E-state index is 0.115. The van der Waals surface area contributed by atoms with Crippen LogP contribution in [0.15, 0.2) is 18.2 Å². The molecule has 3 nitrogen and oxygen atoms in total. The van der Waals surface area contributed by atoms with Crippen LogP contribution in [0.3, 0.4) is 0 Å². The van der Waals surface area contributed by atoms with Gasteiger partial charge in [-0.15, -0.1) is 0 Å². The van der Waals surface area contributed by atoms with Gasteiger partial charge in [0.1, 0.15) is 0 Å². The van der Waals surface area contributed by atoms with Crippen LogP contribution in [0, 0.1) is 11.3 Å². The number of hydrogen-bond donors (Lipinski definition) is 1. The Balaban J connectivity index is 2.10. The van der Waals surface area contributed by atoms with Crippen LogP contribution in [-0.2, 0) is 0 Å². The van der Waals surface area contributed by atoms with Crippen molar-refractivity contribution in [2.75, 3.05) is 0 Å². The molecule has 1 N–H and O–H groups in total. The molecule has 0 aromatic heterocycles. The molecular formula is C13H15NO2. The average Bonchev–Trinajstić information content (AvgIpc) is 2.33. The number of ether oxygens (including phenoxy) is 1. The van der Waals surface area contributed by atoms with Gasteiger partial charge in [0, 0.05) is 6.07 Å². The Kier molecular flexibility index (Phi) is 3.31. The maximum atomic E-state index is 9.63. The molecular weight excluding hydrogens is 202 g/mol. The number of benzene rings is 1. The number of aromatic hydroxyl groups is 1. The smallest absolute Gasteiger partial charge is 0.162 e. The van der Waals surface area contributed by atoms with Gasteiger partial charge in [0.15, 0.2) is 11.5 Å². The van der Waals surface area contributed by atoms with E-state index in [0.717, 1.165) is 12.8 Å². The molecule has 84 valence electrons. The molecule has 0 heterocycles. The van der Waals surface area contributed by atoms with Crippen molar-refractivity contribution in [1.29, 1.82) is 5.26 Å². The van der Waals surface area contributed by atoms with Crippen LogP contribution >= 0.6 is 0 Å². The zero-order chi connectivity index (χ0) is 11.4. The molecule has 0 amide bonds. The molecule has 1 fully saturated rings. The maximum Gasteiger partial charge on any atom is 0.162 e. The molecule has 0 bridgehead atoms. The summed E-state index contributed by atoms with van der Waals surface area (Å²) in [5.74, 6) is 0.551. The highest BCUT2D eigenvalue weighted by molar-refractivity contribution is 5.45. The lowest BCUT2D eigenvalue weighted by atomic mass is 9.98. The number of rotatable bonds is 2. The molecule has 16 heavy (non-hydrogen) atoms. The van der Waals surface area contributed by atoms with E-state index >= 15 is 0 Å². The Morgan fingerprint density at radius 2 is 2.00 bits per heavy atom. The predicted octanol–water partition coefficient (Wildman–Crippen LogP) is 2.98. The quantitative estimate of drug-likeness (QED) is 0.828. The van der Waals surface area contributed by atoms with Gasteiger partial charge in [0.25, 0.3) is 0 Å². The first-order valence-electron chi connectivity index (χ1n) is 5.69. The van der Waals surface area contributed by atoms with Gasteiger partial charge in [-0.1, -0.05) is 6.42 Å². The third kappa shape index (κ3) is 2.46. The first-order valence-corrected chi connectivity index (χ1v) is 5.69. The van der Waals surface area contributed by atoms with E-state index in [0.29, 0.717) is 11.3 Å². The van der Waals surface area contributed by atoms with E-state index in [2.05, 4.69) is 0 Å². The van der Waals surface area contributed by atoms with Crippen molar-refractivity contribution in [3.05, 3.63) is 23.8 Å². The molecule has 1 saturated carbocycles. The molecule has 1 aliphatic carbocycles. The van der Waals surface area contributed by atoms with Gasteiger partial charge >= 0.3 is 0 Å². The minimum Gasteiger partial charge on any atom is -0.504 e. The van der Waals surface area contributed by atoms with E-state index in [4.69, 9.17) is 10.00 Å². The topological polar surface area (TPSA) is 53.2 Å². The fourth-order valence-corrected chi connectivity index (χ4v) is 2.04. The lowest BCUT2D eigenvalue weighted by Gasteiger charge is -2.23. The van der Waals surface area contributed by atoms with E-state index in [9.17, 15) is 5.11 Å². The highest BCUT2D eigenvalue weighted by atomic mass is 16.5. The molecule has 2 rings (SSSR count). The molecule has 0 saturated heterocycles. The van der Waals surface area contributed by atoms with E-state index in [1.54, 1.807) is 12.1 Å². The minimum atomic E-state index is 0.115. The second kappa shape index (κ2) is 4.89. The monoisotopic (exact) mass is 217 g/mol. The predicted molar refractivity (Wildman–Crippen MR) is 60.3 cm³/mol. The Hall–Kier alpha value is -1.69. The number of nitriles is 1. The first-order chi connectivity index (χ1) is 7.79. The van der Waals surface area contributed by atoms with E-state index in [-0.39, 0.29) is 11.9 Å². The van der Waals surface area contributed by atoms with Gasteiger partial charge in [-0.05, 0) is 37.8 Å². The molecule has 0 aliphatic heterocycles. The maximum absolute atomic E-state index is 9.63. The van der Waals surface area contributed by atoms with Crippen molar-refractivity contribution < 1.29 is 9.84 Å². The second-order valence-electron chi connectivity index (χ2n) is 4.17. The molecule has 0 atom stereocenters. The third-order valence-corrected chi connectivity index (χ3v) is 2.93. The molecule has 0 radical (unpaired) electrons. The van der Waals surface area contributed by atoms with Gasteiger partial charge in [-0.25, -0.2) is 0 Å². The SMILES string of the molecule is N#Cc1ccc(O)c(OC2CCCCC2)c1. The third-order valence-electron chi connectivity index (χ3n) is 2.93. The van der Waals surface area contributed by atoms with Crippen molar-refractivity contribution in [3.8, 4) is 17.6 Å². The van der Waals surface area contributed by atoms with Crippen molar-refractivity contribution in [2.45, 2.75) is 38.2 Å². The number of nitrogens with zero attached hydrogens (tertiary/aromatic N) is 1. The van der Waals surface area contributed by atoms with Crippen LogP contribution < -0.4 is 4.74 Å². The Morgan fingerprint density at radius 1 is 1.25 bits per heavy atom. The molecule has 0 spiro atoms. The Morgan fingerprint density at radius 3 is 2.69 bits per heavy atom. The summed E-state index contributed by atoms with van der Waals surface area (Å²) in [6.07, 6.45) is 5.90. The summed E-state index contributed by atoms with van der Waals surface area (Å²) in [5, 5.41) is 18.4. The van der Waals surface area contributed by atoms with Gasteiger partial charge in [0.2, 0.25) is 0 Å². The van der Waals surface area contributed by atoms with Gasteiger partial charge < -0.3 is 9.84 Å². The van der Waals surface area contributed by atoms with E-state index in [1.165, 1.54) is 25.3 Å². The standard InChI is InChI=1S/C13H15NO2/c14-9-10-6-7-12(15)13(8-10)16-11-4-2-1-3-5-11/h6-8,11,15H,1-5H2. The first kappa shape index (κ1) is 10.8. The summed E-state index contributed by atoms with van der Waals surface area (Å²) in [5.41, 5.74) is 0.517. The van der Waals surface area contributed by atoms with Crippen molar-refractivity contribution in [1.82, 2.24) is 0 Å². The normalized spacial score (nSPS) is 16.7. The van der Waals surface area contributed by atoms with Crippen molar-refractivity contribution in [2.24, 2.45) is 0 Å². The van der Waals surface area contributed by atoms with Crippen molar-refractivity contribution in [3.63, 3.8) is 0 Å². The fourth-order valence-electron chi connectivity index (χ4n) is 2.04. The molecule has 0 unspecified atom stereocenters. The lowest BCUT2D eigenvalue weighted by Crippen LogP contribution is -2.19. The number of hydrogen-bond acceptors (Lipinski definition) is 3. The van der Waals surface area contributed by atoms with Gasteiger partial charge in [-0.3, -0.25) is 0 Å². The van der Waals surface area contributed by atoms with Crippen LogP contribution in [0.1, 0.15) is 37.7 Å². The summed E-state index contributed by atoms with van der Waals surface area (Å²) in [6, 6.07) is 6.74. The molecule has 3 heteroatoms.